The van der Waals surface area contributed by atoms with Crippen LogP contribution >= 0.6 is 0 Å². The van der Waals surface area contributed by atoms with Crippen LogP contribution in [0, 0.1) is 0 Å². The number of fused-ring (bicyclic) bond motifs is 1. The summed E-state index contributed by atoms with van der Waals surface area (Å²) in [6, 6.07) is 19.2. The molecule has 3 heteroatoms. The van der Waals surface area contributed by atoms with Crippen molar-refractivity contribution >= 4 is 11.4 Å². The van der Waals surface area contributed by atoms with Gasteiger partial charge in [-0.2, -0.15) is 0 Å². The van der Waals surface area contributed by atoms with Crippen LogP contribution in [-0.4, -0.2) is 25.7 Å². The summed E-state index contributed by atoms with van der Waals surface area (Å²) in [6.45, 7) is 5.07. The van der Waals surface area contributed by atoms with Gasteiger partial charge < -0.3 is 15.0 Å². The van der Waals surface area contributed by atoms with Crippen molar-refractivity contribution in [3.05, 3.63) is 54.6 Å². The van der Waals surface area contributed by atoms with Gasteiger partial charge in [0, 0.05) is 19.1 Å². The minimum atomic E-state index is 0.562. The van der Waals surface area contributed by atoms with E-state index in [1.807, 2.05) is 30.3 Å². The summed E-state index contributed by atoms with van der Waals surface area (Å²) < 4.78 is 5.81. The summed E-state index contributed by atoms with van der Waals surface area (Å²) >= 11 is 0. The molecule has 0 fully saturated rings. The fourth-order valence-corrected chi connectivity index (χ4v) is 3.02. The molecule has 0 saturated carbocycles. The molecule has 1 heterocycles. The molecule has 1 N–H and O–H groups in total. The second kappa shape index (κ2) is 7.21. The molecule has 3 nitrogen and oxygen atoms in total. The van der Waals surface area contributed by atoms with Gasteiger partial charge in [0.05, 0.1) is 18.0 Å². The maximum Gasteiger partial charge on any atom is 0.119 e. The molecular weight excluding hydrogens is 272 g/mol. The lowest BCUT2D eigenvalue weighted by Crippen LogP contribution is -2.44. The molecule has 0 aliphatic carbocycles. The molecule has 3 rings (SSSR count). The first-order chi connectivity index (χ1) is 10.9. The number of hydrogen-bond donors (Lipinski definition) is 1. The summed E-state index contributed by atoms with van der Waals surface area (Å²) in [6.07, 6.45) is 2.18. The Balaban J connectivity index is 1.58. The van der Waals surface area contributed by atoms with Crippen molar-refractivity contribution < 1.29 is 4.74 Å². The molecule has 2 aromatic carbocycles. The standard InChI is InChI=1S/C19H24N2O/c1-2-16-15-20-18-11-6-7-12-19(18)21(16)13-8-14-22-17-9-4-3-5-10-17/h3-7,9-12,16,20H,2,8,13-15H2,1H3. The maximum absolute atomic E-state index is 5.81. The molecule has 0 bridgehead atoms. The van der Waals surface area contributed by atoms with Crippen LogP contribution in [0.15, 0.2) is 54.6 Å². The smallest absolute Gasteiger partial charge is 0.119 e. The highest BCUT2D eigenvalue weighted by molar-refractivity contribution is 5.72. The van der Waals surface area contributed by atoms with Gasteiger partial charge in [0.25, 0.3) is 0 Å². The lowest BCUT2D eigenvalue weighted by Gasteiger charge is -2.39. The van der Waals surface area contributed by atoms with Crippen LogP contribution in [0.2, 0.25) is 0 Å². The summed E-state index contributed by atoms with van der Waals surface area (Å²) in [7, 11) is 0. The van der Waals surface area contributed by atoms with Crippen molar-refractivity contribution in [1.29, 1.82) is 0 Å². The van der Waals surface area contributed by atoms with Crippen LogP contribution < -0.4 is 15.0 Å². The molecule has 1 atom stereocenters. The Bertz CT molecular complexity index is 585. The van der Waals surface area contributed by atoms with Gasteiger partial charge in [0.1, 0.15) is 5.75 Å². The van der Waals surface area contributed by atoms with Crippen molar-refractivity contribution in [2.45, 2.75) is 25.8 Å². The van der Waals surface area contributed by atoms with E-state index in [4.69, 9.17) is 4.74 Å². The Morgan fingerprint density at radius 1 is 1.09 bits per heavy atom. The van der Waals surface area contributed by atoms with E-state index in [9.17, 15) is 0 Å². The Labute approximate surface area is 132 Å². The van der Waals surface area contributed by atoms with Crippen LogP contribution in [0.1, 0.15) is 19.8 Å². The molecule has 0 aromatic heterocycles. The Kier molecular flexibility index (Phi) is 4.84. The van der Waals surface area contributed by atoms with Crippen molar-refractivity contribution in [3.8, 4) is 5.75 Å². The van der Waals surface area contributed by atoms with Gasteiger partial charge in [0.15, 0.2) is 0 Å². The zero-order valence-corrected chi connectivity index (χ0v) is 13.2. The molecule has 0 spiro atoms. The molecule has 1 aliphatic heterocycles. The van der Waals surface area contributed by atoms with E-state index < -0.39 is 0 Å². The minimum absolute atomic E-state index is 0.562. The summed E-state index contributed by atoms with van der Waals surface area (Å²) in [5, 5.41) is 3.54. The molecule has 0 saturated heterocycles. The molecular formula is C19H24N2O. The van der Waals surface area contributed by atoms with Gasteiger partial charge in [-0.3, -0.25) is 0 Å². The second-order valence-electron chi connectivity index (χ2n) is 5.67. The number of rotatable bonds is 6. The van der Waals surface area contributed by atoms with Gasteiger partial charge >= 0.3 is 0 Å². The second-order valence-corrected chi connectivity index (χ2v) is 5.67. The van der Waals surface area contributed by atoms with Gasteiger partial charge in [-0.15, -0.1) is 0 Å². The quantitative estimate of drug-likeness (QED) is 0.810. The van der Waals surface area contributed by atoms with E-state index in [1.165, 1.54) is 11.4 Å². The van der Waals surface area contributed by atoms with E-state index in [0.717, 1.165) is 38.3 Å². The van der Waals surface area contributed by atoms with E-state index in [1.54, 1.807) is 0 Å². The third-order valence-electron chi connectivity index (χ3n) is 4.21. The minimum Gasteiger partial charge on any atom is -0.494 e. The highest BCUT2D eigenvalue weighted by Gasteiger charge is 2.23. The molecule has 2 aromatic rings. The summed E-state index contributed by atoms with van der Waals surface area (Å²) in [5.74, 6) is 0.954. The average Bonchev–Trinajstić information content (AvgIpc) is 2.59. The van der Waals surface area contributed by atoms with Crippen LogP contribution in [-0.2, 0) is 0 Å². The summed E-state index contributed by atoms with van der Waals surface area (Å²) in [5.41, 5.74) is 2.57. The van der Waals surface area contributed by atoms with Gasteiger partial charge in [0.2, 0.25) is 0 Å². The average molecular weight is 296 g/mol. The Morgan fingerprint density at radius 2 is 1.86 bits per heavy atom. The number of ether oxygens (including phenoxy) is 1. The van der Waals surface area contributed by atoms with E-state index in [2.05, 4.69) is 41.4 Å². The largest absolute Gasteiger partial charge is 0.494 e. The molecule has 0 radical (unpaired) electrons. The number of nitrogens with one attached hydrogen (secondary N) is 1. The van der Waals surface area contributed by atoms with Crippen LogP contribution in [0.3, 0.4) is 0 Å². The van der Waals surface area contributed by atoms with Gasteiger partial charge in [-0.1, -0.05) is 37.3 Å². The van der Waals surface area contributed by atoms with Crippen molar-refractivity contribution in [3.63, 3.8) is 0 Å². The lowest BCUT2D eigenvalue weighted by molar-refractivity contribution is 0.310. The monoisotopic (exact) mass is 296 g/mol. The number of nitrogens with zero attached hydrogens (tertiary/aromatic N) is 1. The Morgan fingerprint density at radius 3 is 2.68 bits per heavy atom. The lowest BCUT2D eigenvalue weighted by atomic mass is 10.1. The first-order valence-electron chi connectivity index (χ1n) is 8.16. The van der Waals surface area contributed by atoms with Gasteiger partial charge in [-0.05, 0) is 37.1 Å². The first kappa shape index (κ1) is 14.8. The van der Waals surface area contributed by atoms with E-state index in [-0.39, 0.29) is 0 Å². The van der Waals surface area contributed by atoms with Crippen LogP contribution in [0.25, 0.3) is 0 Å². The fraction of sp³-hybridized carbons (Fsp3) is 0.368. The van der Waals surface area contributed by atoms with Crippen molar-refractivity contribution in [1.82, 2.24) is 0 Å². The normalized spacial score (nSPS) is 16.8. The van der Waals surface area contributed by atoms with E-state index in [0.29, 0.717) is 6.04 Å². The predicted molar refractivity (Wildman–Crippen MR) is 92.9 cm³/mol. The SMILES string of the molecule is CCC1CNc2ccccc2N1CCCOc1ccccc1. The number of hydrogen-bond acceptors (Lipinski definition) is 3. The van der Waals surface area contributed by atoms with Crippen molar-refractivity contribution in [2.24, 2.45) is 0 Å². The van der Waals surface area contributed by atoms with Crippen LogP contribution in [0.5, 0.6) is 5.75 Å². The number of para-hydroxylation sites is 3. The van der Waals surface area contributed by atoms with Crippen LogP contribution in [0.4, 0.5) is 11.4 Å². The molecule has 116 valence electrons. The zero-order chi connectivity index (χ0) is 15.2. The number of anilines is 2. The molecule has 1 aliphatic rings. The topological polar surface area (TPSA) is 24.5 Å². The highest BCUT2D eigenvalue weighted by Crippen LogP contribution is 2.32. The van der Waals surface area contributed by atoms with Gasteiger partial charge in [-0.25, -0.2) is 0 Å². The summed E-state index contributed by atoms with van der Waals surface area (Å²) in [4.78, 5) is 2.53. The van der Waals surface area contributed by atoms with E-state index >= 15 is 0 Å². The highest BCUT2D eigenvalue weighted by atomic mass is 16.5. The zero-order valence-electron chi connectivity index (χ0n) is 13.2. The predicted octanol–water partition coefficient (Wildman–Crippen LogP) is 4.17. The molecule has 1 unspecified atom stereocenters. The first-order valence-corrected chi connectivity index (χ1v) is 8.16. The molecule has 0 amide bonds. The maximum atomic E-state index is 5.81. The Hall–Kier alpha value is -2.16. The van der Waals surface area contributed by atoms with Crippen molar-refractivity contribution in [2.75, 3.05) is 29.9 Å². The third-order valence-corrected chi connectivity index (χ3v) is 4.21. The fourth-order valence-electron chi connectivity index (χ4n) is 3.02. The number of benzene rings is 2. The third kappa shape index (κ3) is 3.35. The molecule has 22 heavy (non-hydrogen) atoms.